The molecule has 0 saturated carbocycles. The molecule has 1 nitrogen and oxygen atoms in total. The van der Waals surface area contributed by atoms with E-state index in [1.54, 1.807) is 30.3 Å². The van der Waals surface area contributed by atoms with Gasteiger partial charge in [0.2, 0.25) is 0 Å². The molecule has 2 aromatic carbocycles. The van der Waals surface area contributed by atoms with E-state index in [-0.39, 0.29) is 5.78 Å². The fourth-order valence-corrected chi connectivity index (χ4v) is 2.62. The summed E-state index contributed by atoms with van der Waals surface area (Å²) in [7, 11) is 0. The molecule has 0 atom stereocenters. The summed E-state index contributed by atoms with van der Waals surface area (Å²) in [4.78, 5) is 12.0. The van der Waals surface area contributed by atoms with Crippen molar-refractivity contribution in [1.82, 2.24) is 0 Å². The molecule has 0 aliphatic heterocycles. The van der Waals surface area contributed by atoms with Gasteiger partial charge in [-0.3, -0.25) is 4.79 Å². The summed E-state index contributed by atoms with van der Waals surface area (Å²) in [6, 6.07) is 12.4. The first kappa shape index (κ1) is 14.3. The van der Waals surface area contributed by atoms with Crippen molar-refractivity contribution in [2.75, 3.05) is 0 Å². The lowest BCUT2D eigenvalue weighted by atomic mass is 10.1. The maximum atomic E-state index is 12.0. The van der Waals surface area contributed by atoms with E-state index >= 15 is 0 Å². The van der Waals surface area contributed by atoms with Crippen LogP contribution in [0.5, 0.6) is 0 Å². The molecule has 2 aromatic rings. The Morgan fingerprint density at radius 1 is 1.05 bits per heavy atom. The summed E-state index contributed by atoms with van der Waals surface area (Å²) in [5, 5.41) is 1.08. The number of hydrogen-bond donors (Lipinski definition) is 0. The molecule has 0 unspecified atom stereocenters. The summed E-state index contributed by atoms with van der Waals surface area (Å²) in [6.07, 6.45) is 3.20. The Bertz CT molecular complexity index is 630. The highest BCUT2D eigenvalue weighted by Gasteiger charge is 2.05. The molecule has 0 fully saturated rings. The number of halogens is 3. The minimum atomic E-state index is -0.0800. The molecule has 0 bridgehead atoms. The van der Waals surface area contributed by atoms with Gasteiger partial charge in [0.05, 0.1) is 0 Å². The molecule has 2 rings (SSSR count). The molecule has 0 aliphatic rings. The Labute approximate surface area is 130 Å². The standard InChI is InChI=1S/C15H9BrCl2O/c16-14-4-2-1-3-13(14)15(19)6-5-10-7-11(17)9-12(18)8-10/h1-9H. The smallest absolute Gasteiger partial charge is 0.186 e. The zero-order chi connectivity index (χ0) is 13.8. The highest BCUT2D eigenvalue weighted by molar-refractivity contribution is 9.10. The fourth-order valence-electron chi connectivity index (χ4n) is 1.59. The minimum Gasteiger partial charge on any atom is -0.289 e. The lowest BCUT2D eigenvalue weighted by Crippen LogP contribution is -1.94. The molecule has 0 aromatic heterocycles. The number of carbonyl (C=O) groups excluding carboxylic acids is 1. The molecule has 0 saturated heterocycles. The number of hydrogen-bond acceptors (Lipinski definition) is 1. The van der Waals surface area contributed by atoms with Gasteiger partial charge in [-0.25, -0.2) is 0 Å². The van der Waals surface area contributed by atoms with Crippen LogP contribution in [-0.4, -0.2) is 5.78 Å². The van der Waals surface area contributed by atoms with Crippen molar-refractivity contribution in [1.29, 1.82) is 0 Å². The van der Waals surface area contributed by atoms with Crippen LogP contribution in [0.1, 0.15) is 15.9 Å². The van der Waals surface area contributed by atoms with Crippen molar-refractivity contribution < 1.29 is 4.79 Å². The van der Waals surface area contributed by atoms with E-state index in [2.05, 4.69) is 15.9 Å². The van der Waals surface area contributed by atoms with Gasteiger partial charge in [0, 0.05) is 20.1 Å². The Hall–Kier alpha value is -1.09. The van der Waals surface area contributed by atoms with E-state index in [9.17, 15) is 4.79 Å². The lowest BCUT2D eigenvalue weighted by molar-refractivity contribution is 0.104. The first-order chi connectivity index (χ1) is 9.06. The lowest BCUT2D eigenvalue weighted by Gasteiger charge is -2.00. The van der Waals surface area contributed by atoms with Crippen molar-refractivity contribution in [2.45, 2.75) is 0 Å². The average molecular weight is 356 g/mol. The quantitative estimate of drug-likeness (QED) is 0.513. The molecule has 4 heteroatoms. The van der Waals surface area contributed by atoms with Crippen LogP contribution in [0, 0.1) is 0 Å². The molecular formula is C15H9BrCl2O. The first-order valence-corrected chi connectivity index (χ1v) is 7.04. The molecule has 0 amide bonds. The zero-order valence-electron chi connectivity index (χ0n) is 9.74. The molecular weight excluding hydrogens is 347 g/mol. The van der Waals surface area contributed by atoms with Crippen molar-refractivity contribution >= 4 is 51.0 Å². The SMILES string of the molecule is O=C(C=Cc1cc(Cl)cc(Cl)c1)c1ccccc1Br. The monoisotopic (exact) mass is 354 g/mol. The Kier molecular flexibility index (Phi) is 4.81. The zero-order valence-corrected chi connectivity index (χ0v) is 12.8. The third-order valence-corrected chi connectivity index (χ3v) is 3.58. The van der Waals surface area contributed by atoms with Crippen LogP contribution in [0.25, 0.3) is 6.08 Å². The van der Waals surface area contributed by atoms with Crippen LogP contribution in [0.3, 0.4) is 0 Å². The fraction of sp³-hybridized carbons (Fsp3) is 0. The van der Waals surface area contributed by atoms with E-state index in [1.807, 2.05) is 18.2 Å². The van der Waals surface area contributed by atoms with Crippen LogP contribution in [0.15, 0.2) is 53.0 Å². The van der Waals surface area contributed by atoms with Crippen LogP contribution in [-0.2, 0) is 0 Å². The van der Waals surface area contributed by atoms with Gasteiger partial charge in [0.25, 0.3) is 0 Å². The third kappa shape index (κ3) is 3.93. The largest absolute Gasteiger partial charge is 0.289 e. The number of allylic oxidation sites excluding steroid dienone is 1. The summed E-state index contributed by atoms with van der Waals surface area (Å²) in [5.74, 6) is -0.0800. The Balaban J connectivity index is 2.23. The Morgan fingerprint density at radius 3 is 2.32 bits per heavy atom. The van der Waals surface area contributed by atoms with Crippen LogP contribution >= 0.6 is 39.1 Å². The Morgan fingerprint density at radius 2 is 1.68 bits per heavy atom. The topological polar surface area (TPSA) is 17.1 Å². The van der Waals surface area contributed by atoms with E-state index in [0.717, 1.165) is 10.0 Å². The summed E-state index contributed by atoms with van der Waals surface area (Å²) < 4.78 is 0.772. The summed E-state index contributed by atoms with van der Waals surface area (Å²) >= 11 is 15.1. The van der Waals surface area contributed by atoms with E-state index in [0.29, 0.717) is 15.6 Å². The van der Waals surface area contributed by atoms with Gasteiger partial charge in [0.15, 0.2) is 5.78 Å². The van der Waals surface area contributed by atoms with Gasteiger partial charge in [-0.05, 0) is 42.0 Å². The van der Waals surface area contributed by atoms with Crippen LogP contribution < -0.4 is 0 Å². The minimum absolute atomic E-state index is 0.0800. The van der Waals surface area contributed by atoms with E-state index in [4.69, 9.17) is 23.2 Å². The van der Waals surface area contributed by atoms with Crippen molar-refractivity contribution in [2.24, 2.45) is 0 Å². The number of benzene rings is 2. The van der Waals surface area contributed by atoms with Crippen LogP contribution in [0.4, 0.5) is 0 Å². The second-order valence-electron chi connectivity index (χ2n) is 3.88. The molecule has 0 N–H and O–H groups in total. The van der Waals surface area contributed by atoms with Gasteiger partial charge in [0.1, 0.15) is 0 Å². The maximum absolute atomic E-state index is 12.0. The molecule has 0 spiro atoms. The predicted octanol–water partition coefficient (Wildman–Crippen LogP) is 5.65. The van der Waals surface area contributed by atoms with Crippen molar-refractivity contribution in [3.63, 3.8) is 0 Å². The number of carbonyl (C=O) groups is 1. The molecule has 0 heterocycles. The normalized spacial score (nSPS) is 10.9. The van der Waals surface area contributed by atoms with Crippen molar-refractivity contribution in [3.8, 4) is 0 Å². The second-order valence-corrected chi connectivity index (χ2v) is 5.61. The second kappa shape index (κ2) is 6.38. The highest BCUT2D eigenvalue weighted by atomic mass is 79.9. The summed E-state index contributed by atoms with van der Waals surface area (Å²) in [6.45, 7) is 0. The van der Waals surface area contributed by atoms with Gasteiger partial charge in [-0.2, -0.15) is 0 Å². The molecule has 0 radical (unpaired) electrons. The van der Waals surface area contributed by atoms with E-state index in [1.165, 1.54) is 6.08 Å². The average Bonchev–Trinajstić information content (AvgIpc) is 2.35. The molecule has 0 aliphatic carbocycles. The number of ketones is 1. The van der Waals surface area contributed by atoms with Crippen LogP contribution in [0.2, 0.25) is 10.0 Å². The molecule has 96 valence electrons. The van der Waals surface area contributed by atoms with Gasteiger partial charge < -0.3 is 0 Å². The van der Waals surface area contributed by atoms with Gasteiger partial charge in [-0.1, -0.05) is 57.3 Å². The summed E-state index contributed by atoms with van der Waals surface area (Å²) in [5.41, 5.74) is 1.41. The van der Waals surface area contributed by atoms with E-state index < -0.39 is 0 Å². The first-order valence-electron chi connectivity index (χ1n) is 5.49. The predicted molar refractivity (Wildman–Crippen MR) is 84.0 cm³/mol. The molecule has 19 heavy (non-hydrogen) atoms. The van der Waals surface area contributed by atoms with Gasteiger partial charge in [-0.15, -0.1) is 0 Å². The highest BCUT2D eigenvalue weighted by Crippen LogP contribution is 2.21. The van der Waals surface area contributed by atoms with Crippen molar-refractivity contribution in [3.05, 3.63) is 74.2 Å². The van der Waals surface area contributed by atoms with Gasteiger partial charge >= 0.3 is 0 Å². The number of rotatable bonds is 3. The maximum Gasteiger partial charge on any atom is 0.186 e. The third-order valence-electron chi connectivity index (χ3n) is 2.45.